The quantitative estimate of drug-likeness (QED) is 0.839. The third kappa shape index (κ3) is 3.87. The lowest BCUT2D eigenvalue weighted by molar-refractivity contribution is 0.796. The number of nitrogens with zero attached hydrogens (tertiary/aromatic N) is 2. The van der Waals surface area contributed by atoms with Gasteiger partial charge in [0.25, 0.3) is 0 Å². The Balaban J connectivity index is 0.000000741. The number of hydrogen-bond donors (Lipinski definition) is 1. The molecular weight excluding hydrogens is 258 g/mol. The molecule has 1 heterocycles. The Bertz CT molecular complexity index is 504. The van der Waals surface area contributed by atoms with E-state index in [1.54, 1.807) is 0 Å². The molecule has 2 aromatic rings. The van der Waals surface area contributed by atoms with Gasteiger partial charge in [0.05, 0.1) is 15.9 Å². The van der Waals surface area contributed by atoms with Crippen LogP contribution in [0.2, 0.25) is 5.02 Å². The van der Waals surface area contributed by atoms with Crippen molar-refractivity contribution in [3.63, 3.8) is 0 Å². The monoisotopic (exact) mass is 283 g/mol. The van der Waals surface area contributed by atoms with E-state index in [-0.39, 0.29) is 0 Å². The highest BCUT2D eigenvalue weighted by molar-refractivity contribution is 6.36. The van der Waals surface area contributed by atoms with Crippen molar-refractivity contribution in [2.45, 2.75) is 41.5 Å². The molecule has 0 saturated carbocycles. The van der Waals surface area contributed by atoms with E-state index >= 15 is 0 Å². The summed E-state index contributed by atoms with van der Waals surface area (Å²) >= 11 is 6.19. The largest absolute Gasteiger partial charge is 0.368 e. The normalized spacial score (nSPS) is 9.26. The molecule has 0 spiro atoms. The molecule has 4 heteroatoms. The standard InChI is InChI=1S/C11H14ClN3.2C2H6/c1-4-13-11-9-8(12)6-5-7(2)10(9)15(3)14-11;2*1-2/h5-6H,4H2,1-3H3,(H,13,14);2*1-2H3. The van der Waals surface area contributed by atoms with Gasteiger partial charge < -0.3 is 5.32 Å². The number of fused-ring (bicyclic) bond motifs is 1. The maximum absolute atomic E-state index is 6.19. The van der Waals surface area contributed by atoms with Crippen molar-refractivity contribution in [1.29, 1.82) is 0 Å². The minimum atomic E-state index is 0.750. The fourth-order valence-electron chi connectivity index (χ4n) is 1.85. The number of benzene rings is 1. The molecular formula is C15H26ClN3. The van der Waals surface area contributed by atoms with E-state index in [1.165, 1.54) is 5.56 Å². The van der Waals surface area contributed by atoms with Crippen LogP contribution in [0.4, 0.5) is 5.82 Å². The van der Waals surface area contributed by atoms with E-state index in [0.717, 1.165) is 28.3 Å². The van der Waals surface area contributed by atoms with Gasteiger partial charge in [-0.05, 0) is 25.5 Å². The fraction of sp³-hybridized carbons (Fsp3) is 0.533. The molecule has 0 atom stereocenters. The van der Waals surface area contributed by atoms with E-state index in [4.69, 9.17) is 11.6 Å². The highest BCUT2D eigenvalue weighted by Crippen LogP contribution is 2.31. The van der Waals surface area contributed by atoms with E-state index in [9.17, 15) is 0 Å². The van der Waals surface area contributed by atoms with Crippen LogP contribution in [-0.4, -0.2) is 16.3 Å². The van der Waals surface area contributed by atoms with Crippen LogP contribution in [0.25, 0.3) is 10.9 Å². The van der Waals surface area contributed by atoms with Gasteiger partial charge in [-0.3, -0.25) is 4.68 Å². The van der Waals surface area contributed by atoms with Crippen LogP contribution in [0.5, 0.6) is 0 Å². The number of rotatable bonds is 2. The Labute approximate surface area is 122 Å². The highest BCUT2D eigenvalue weighted by atomic mass is 35.5. The SMILES string of the molecule is CC.CC.CCNc1nn(C)c2c(C)ccc(Cl)c12. The second-order valence-corrected chi connectivity index (χ2v) is 4.00. The van der Waals surface area contributed by atoms with Gasteiger partial charge in [-0.1, -0.05) is 45.4 Å². The molecule has 0 aliphatic heterocycles. The van der Waals surface area contributed by atoms with Gasteiger partial charge in [0.1, 0.15) is 0 Å². The summed E-state index contributed by atoms with van der Waals surface area (Å²) in [5, 5.41) is 9.41. The van der Waals surface area contributed by atoms with E-state index in [1.807, 2.05) is 58.5 Å². The van der Waals surface area contributed by atoms with E-state index < -0.39 is 0 Å². The Morgan fingerprint density at radius 3 is 2.32 bits per heavy atom. The molecule has 3 nitrogen and oxygen atoms in total. The minimum absolute atomic E-state index is 0.750. The highest BCUT2D eigenvalue weighted by Gasteiger charge is 2.12. The fourth-order valence-corrected chi connectivity index (χ4v) is 2.10. The molecule has 0 fully saturated rings. The summed E-state index contributed by atoms with van der Waals surface area (Å²) in [5.74, 6) is 0.865. The van der Waals surface area contributed by atoms with E-state index in [0.29, 0.717) is 0 Å². The van der Waals surface area contributed by atoms with Gasteiger partial charge >= 0.3 is 0 Å². The van der Waals surface area contributed by atoms with Crippen LogP contribution in [0.15, 0.2) is 12.1 Å². The van der Waals surface area contributed by atoms with Crippen LogP contribution in [-0.2, 0) is 7.05 Å². The van der Waals surface area contributed by atoms with Crippen molar-refractivity contribution in [1.82, 2.24) is 9.78 Å². The lowest BCUT2D eigenvalue weighted by Crippen LogP contribution is -1.98. The summed E-state index contributed by atoms with van der Waals surface area (Å²) in [6, 6.07) is 3.93. The molecule has 19 heavy (non-hydrogen) atoms. The average molecular weight is 284 g/mol. The first kappa shape index (κ1) is 17.8. The zero-order chi connectivity index (χ0) is 15.0. The Morgan fingerprint density at radius 2 is 1.79 bits per heavy atom. The molecule has 1 aromatic carbocycles. The lowest BCUT2D eigenvalue weighted by atomic mass is 10.1. The van der Waals surface area contributed by atoms with Crippen molar-refractivity contribution in [3.8, 4) is 0 Å². The average Bonchev–Trinajstić information content (AvgIpc) is 2.77. The van der Waals surface area contributed by atoms with Gasteiger partial charge in [-0.2, -0.15) is 5.10 Å². The number of nitrogens with one attached hydrogen (secondary N) is 1. The zero-order valence-corrected chi connectivity index (χ0v) is 13.9. The summed E-state index contributed by atoms with van der Waals surface area (Å²) < 4.78 is 1.87. The second-order valence-electron chi connectivity index (χ2n) is 3.59. The van der Waals surface area contributed by atoms with Crippen LogP contribution in [0.3, 0.4) is 0 Å². The number of hydrogen-bond acceptors (Lipinski definition) is 2. The topological polar surface area (TPSA) is 29.9 Å². The predicted molar refractivity (Wildman–Crippen MR) is 87.3 cm³/mol. The zero-order valence-electron chi connectivity index (χ0n) is 13.1. The molecule has 108 valence electrons. The molecule has 0 unspecified atom stereocenters. The molecule has 1 N–H and O–H groups in total. The minimum Gasteiger partial charge on any atom is -0.368 e. The predicted octanol–water partition coefficient (Wildman–Crippen LogP) is 5.02. The van der Waals surface area contributed by atoms with Crippen molar-refractivity contribution < 1.29 is 0 Å². The molecule has 0 aliphatic rings. The smallest absolute Gasteiger partial charge is 0.157 e. The first-order chi connectivity index (χ1) is 9.15. The molecule has 0 amide bonds. The lowest BCUT2D eigenvalue weighted by Gasteiger charge is -2.01. The summed E-state index contributed by atoms with van der Waals surface area (Å²) in [5.41, 5.74) is 2.28. The third-order valence-corrected chi connectivity index (χ3v) is 2.80. The number of halogens is 1. The van der Waals surface area contributed by atoms with E-state index in [2.05, 4.69) is 17.3 Å². The number of aromatic nitrogens is 2. The summed E-state index contributed by atoms with van der Waals surface area (Å²) in [7, 11) is 1.94. The van der Waals surface area contributed by atoms with Crippen LogP contribution < -0.4 is 5.32 Å². The number of aryl methyl sites for hydroxylation is 2. The molecule has 1 aromatic heterocycles. The first-order valence-corrected chi connectivity index (χ1v) is 7.38. The van der Waals surface area contributed by atoms with Gasteiger partial charge in [0.2, 0.25) is 0 Å². The van der Waals surface area contributed by atoms with Crippen LogP contribution in [0.1, 0.15) is 40.2 Å². The first-order valence-electron chi connectivity index (χ1n) is 7.00. The molecule has 0 bridgehead atoms. The Morgan fingerprint density at radius 1 is 1.21 bits per heavy atom. The van der Waals surface area contributed by atoms with Crippen LogP contribution in [0, 0.1) is 6.92 Å². The van der Waals surface area contributed by atoms with Gasteiger partial charge in [0, 0.05) is 13.6 Å². The van der Waals surface area contributed by atoms with Gasteiger partial charge in [-0.15, -0.1) is 0 Å². The molecule has 0 aliphatic carbocycles. The van der Waals surface area contributed by atoms with Crippen molar-refractivity contribution >= 4 is 28.3 Å². The van der Waals surface area contributed by atoms with Crippen molar-refractivity contribution in [2.75, 3.05) is 11.9 Å². The summed E-state index contributed by atoms with van der Waals surface area (Å²) in [4.78, 5) is 0. The van der Waals surface area contributed by atoms with Crippen molar-refractivity contribution in [3.05, 3.63) is 22.7 Å². The molecule has 2 rings (SSSR count). The number of anilines is 1. The maximum atomic E-state index is 6.19. The third-order valence-electron chi connectivity index (χ3n) is 2.48. The van der Waals surface area contributed by atoms with Gasteiger partial charge in [0.15, 0.2) is 5.82 Å². The maximum Gasteiger partial charge on any atom is 0.157 e. The summed E-state index contributed by atoms with van der Waals surface area (Å²) in [6.07, 6.45) is 0. The van der Waals surface area contributed by atoms with Crippen LogP contribution >= 0.6 is 11.6 Å². The Hall–Kier alpha value is -1.22. The summed E-state index contributed by atoms with van der Waals surface area (Å²) in [6.45, 7) is 13.0. The Kier molecular flexibility index (Phi) is 8.24. The molecule has 0 saturated heterocycles. The van der Waals surface area contributed by atoms with Gasteiger partial charge in [-0.25, -0.2) is 0 Å². The molecule has 0 radical (unpaired) electrons. The second kappa shape index (κ2) is 8.81. The van der Waals surface area contributed by atoms with Crippen molar-refractivity contribution in [2.24, 2.45) is 7.05 Å².